The fraction of sp³-hybridized carbons (Fsp3) is 0.750. The van der Waals surface area contributed by atoms with Crippen molar-refractivity contribution >= 4 is 17.8 Å². The van der Waals surface area contributed by atoms with Crippen LogP contribution >= 0.6 is 0 Å². The molecule has 8 nitrogen and oxygen atoms in total. The maximum atomic E-state index is 5.26. The summed E-state index contributed by atoms with van der Waals surface area (Å²) in [6, 6.07) is 0. The zero-order chi connectivity index (χ0) is 14.6. The van der Waals surface area contributed by atoms with E-state index in [0.717, 1.165) is 25.7 Å². The van der Waals surface area contributed by atoms with Gasteiger partial charge in [0.2, 0.25) is 5.95 Å². The Morgan fingerprint density at radius 2 is 1.25 bits per heavy atom. The highest BCUT2D eigenvalue weighted by atomic mass is 16.6. The summed E-state index contributed by atoms with van der Waals surface area (Å²) in [5.74, 6) is 1.10. The molecule has 0 radical (unpaired) electrons. The summed E-state index contributed by atoms with van der Waals surface area (Å²) in [4.78, 5) is 22.9. The van der Waals surface area contributed by atoms with Crippen molar-refractivity contribution in [2.24, 2.45) is 0 Å². The third-order valence-corrected chi connectivity index (χ3v) is 2.39. The van der Waals surface area contributed by atoms with E-state index in [0.29, 0.717) is 31.1 Å². The molecule has 20 heavy (non-hydrogen) atoms. The lowest BCUT2D eigenvalue weighted by atomic mass is 10.4. The van der Waals surface area contributed by atoms with Crippen LogP contribution in [0.3, 0.4) is 0 Å². The Morgan fingerprint density at radius 3 is 1.65 bits per heavy atom. The van der Waals surface area contributed by atoms with E-state index < -0.39 is 0 Å². The predicted molar refractivity (Wildman–Crippen MR) is 78.3 cm³/mol. The number of nitrogens with zero attached hydrogens (tertiary/aromatic N) is 3. The van der Waals surface area contributed by atoms with Crippen LogP contribution in [0, 0.1) is 0 Å². The van der Waals surface area contributed by atoms with Crippen molar-refractivity contribution in [3.8, 4) is 0 Å². The van der Waals surface area contributed by atoms with E-state index in [2.05, 4.69) is 45.1 Å². The summed E-state index contributed by atoms with van der Waals surface area (Å²) in [5, 5.41) is 2.86. The van der Waals surface area contributed by atoms with Gasteiger partial charge in [-0.1, -0.05) is 26.7 Å². The zero-order valence-electron chi connectivity index (χ0n) is 12.4. The second-order valence-corrected chi connectivity index (χ2v) is 4.16. The Hall–Kier alpha value is -1.67. The van der Waals surface area contributed by atoms with E-state index in [9.17, 15) is 0 Å². The number of rotatable bonds is 11. The van der Waals surface area contributed by atoms with Gasteiger partial charge >= 0.3 is 0 Å². The van der Waals surface area contributed by atoms with E-state index >= 15 is 0 Å². The van der Waals surface area contributed by atoms with Gasteiger partial charge in [-0.2, -0.15) is 15.0 Å². The first kappa shape index (κ1) is 16.4. The normalized spacial score (nSPS) is 10.3. The molecule has 0 aliphatic rings. The summed E-state index contributed by atoms with van der Waals surface area (Å²) in [6.45, 7) is 5.40. The standard InChI is InChI=1S/C12H24N6O2/c1-4-6-8-19-17-11-14-10(13-3)15-12(16-11)18-20-9-7-5-2/h4-9H2,1-3H3,(H3,13,14,15,16,17,18). The highest BCUT2D eigenvalue weighted by Gasteiger charge is 2.05. The molecule has 0 spiro atoms. The molecule has 0 atom stereocenters. The van der Waals surface area contributed by atoms with Crippen molar-refractivity contribution in [2.45, 2.75) is 39.5 Å². The molecule has 1 rings (SSSR count). The van der Waals surface area contributed by atoms with Crippen LogP contribution in [0.1, 0.15) is 39.5 Å². The van der Waals surface area contributed by atoms with Gasteiger partial charge in [-0.25, -0.2) is 11.0 Å². The number of unbranched alkanes of at least 4 members (excludes halogenated alkanes) is 2. The maximum Gasteiger partial charge on any atom is 0.253 e. The van der Waals surface area contributed by atoms with Crippen LogP contribution < -0.4 is 16.3 Å². The fourth-order valence-electron chi connectivity index (χ4n) is 1.24. The van der Waals surface area contributed by atoms with E-state index in [1.165, 1.54) is 0 Å². The fourth-order valence-corrected chi connectivity index (χ4v) is 1.24. The predicted octanol–water partition coefficient (Wildman–Crippen LogP) is 2.20. The molecule has 1 aromatic heterocycles. The molecule has 114 valence electrons. The van der Waals surface area contributed by atoms with Gasteiger partial charge in [0.25, 0.3) is 11.9 Å². The summed E-state index contributed by atoms with van der Waals surface area (Å²) in [5.41, 5.74) is 5.40. The van der Waals surface area contributed by atoms with Gasteiger partial charge in [-0.15, -0.1) is 0 Å². The van der Waals surface area contributed by atoms with Gasteiger partial charge in [-0.05, 0) is 12.8 Å². The minimum absolute atomic E-state index is 0.335. The molecule has 0 amide bonds. The lowest BCUT2D eigenvalue weighted by Crippen LogP contribution is -2.12. The van der Waals surface area contributed by atoms with Crippen molar-refractivity contribution in [1.29, 1.82) is 0 Å². The Labute approximate surface area is 119 Å². The third-order valence-electron chi connectivity index (χ3n) is 2.39. The topological polar surface area (TPSA) is 93.2 Å². The maximum absolute atomic E-state index is 5.26. The Kier molecular flexibility index (Phi) is 8.32. The molecule has 0 fully saturated rings. The van der Waals surface area contributed by atoms with E-state index in [1.54, 1.807) is 7.05 Å². The van der Waals surface area contributed by atoms with Crippen LogP contribution in [0.5, 0.6) is 0 Å². The number of nitrogens with one attached hydrogen (secondary N) is 3. The van der Waals surface area contributed by atoms with E-state index in [-0.39, 0.29) is 0 Å². The number of hydrogen-bond donors (Lipinski definition) is 3. The smallest absolute Gasteiger partial charge is 0.253 e. The quantitative estimate of drug-likeness (QED) is 0.420. The van der Waals surface area contributed by atoms with Crippen LogP contribution in [0.2, 0.25) is 0 Å². The molecular formula is C12H24N6O2. The molecule has 3 N–H and O–H groups in total. The van der Waals surface area contributed by atoms with Crippen molar-refractivity contribution in [3.63, 3.8) is 0 Å². The molecule has 0 bridgehead atoms. The Morgan fingerprint density at radius 1 is 0.800 bits per heavy atom. The molecule has 1 heterocycles. The van der Waals surface area contributed by atoms with Gasteiger partial charge in [0.1, 0.15) is 0 Å². The van der Waals surface area contributed by atoms with Crippen LogP contribution in [-0.2, 0) is 9.68 Å². The zero-order valence-corrected chi connectivity index (χ0v) is 12.4. The van der Waals surface area contributed by atoms with Crippen LogP contribution in [0.15, 0.2) is 0 Å². The highest BCUT2D eigenvalue weighted by Crippen LogP contribution is 2.09. The van der Waals surface area contributed by atoms with Gasteiger partial charge in [0, 0.05) is 7.05 Å². The van der Waals surface area contributed by atoms with Crippen LogP contribution in [-0.4, -0.2) is 35.2 Å². The first-order chi connectivity index (χ1) is 9.80. The van der Waals surface area contributed by atoms with Crippen molar-refractivity contribution in [3.05, 3.63) is 0 Å². The van der Waals surface area contributed by atoms with E-state index in [4.69, 9.17) is 9.68 Å². The second kappa shape index (κ2) is 10.2. The summed E-state index contributed by atoms with van der Waals surface area (Å²) in [6.07, 6.45) is 4.09. The Balaban J connectivity index is 2.51. The number of anilines is 3. The summed E-state index contributed by atoms with van der Waals surface area (Å²) >= 11 is 0. The first-order valence-electron chi connectivity index (χ1n) is 6.99. The monoisotopic (exact) mass is 284 g/mol. The molecular weight excluding hydrogens is 260 g/mol. The minimum atomic E-state index is 0.335. The second-order valence-electron chi connectivity index (χ2n) is 4.16. The van der Waals surface area contributed by atoms with Crippen LogP contribution in [0.25, 0.3) is 0 Å². The molecule has 0 aliphatic carbocycles. The van der Waals surface area contributed by atoms with Gasteiger partial charge in [0.05, 0.1) is 13.2 Å². The third kappa shape index (κ3) is 6.48. The minimum Gasteiger partial charge on any atom is -0.357 e. The number of hydrogen-bond acceptors (Lipinski definition) is 8. The lowest BCUT2D eigenvalue weighted by Gasteiger charge is -2.09. The van der Waals surface area contributed by atoms with Crippen molar-refractivity contribution in [1.82, 2.24) is 15.0 Å². The highest BCUT2D eigenvalue weighted by molar-refractivity contribution is 5.39. The molecule has 0 aliphatic heterocycles. The lowest BCUT2D eigenvalue weighted by molar-refractivity contribution is 0.183. The number of aromatic nitrogens is 3. The average molecular weight is 284 g/mol. The largest absolute Gasteiger partial charge is 0.357 e. The van der Waals surface area contributed by atoms with Crippen molar-refractivity contribution < 1.29 is 9.68 Å². The van der Waals surface area contributed by atoms with Gasteiger partial charge < -0.3 is 5.32 Å². The van der Waals surface area contributed by atoms with Gasteiger partial charge in [-0.3, -0.25) is 9.68 Å². The molecule has 1 aromatic rings. The molecule has 0 saturated carbocycles. The van der Waals surface area contributed by atoms with Crippen LogP contribution in [0.4, 0.5) is 17.8 Å². The molecule has 8 heteroatoms. The summed E-state index contributed by atoms with van der Waals surface area (Å²) < 4.78 is 0. The first-order valence-corrected chi connectivity index (χ1v) is 6.99. The Bertz CT molecular complexity index is 347. The van der Waals surface area contributed by atoms with Gasteiger partial charge in [0.15, 0.2) is 0 Å². The molecule has 0 unspecified atom stereocenters. The average Bonchev–Trinajstić information content (AvgIpc) is 2.48. The van der Waals surface area contributed by atoms with Crippen molar-refractivity contribution in [2.75, 3.05) is 36.5 Å². The molecule has 0 saturated heterocycles. The summed E-state index contributed by atoms with van der Waals surface area (Å²) in [7, 11) is 1.73. The molecule has 0 aromatic carbocycles. The van der Waals surface area contributed by atoms with E-state index in [1.807, 2.05) is 0 Å². The SMILES string of the molecule is CCCCONc1nc(NC)nc(NOCCCC)n1.